The fourth-order valence-corrected chi connectivity index (χ4v) is 2.31. The minimum Gasteiger partial charge on any atom is -0.475 e. The molecule has 2 rings (SSSR count). The van der Waals surface area contributed by atoms with E-state index in [-0.39, 0.29) is 24.1 Å². The molecule has 0 fully saturated rings. The summed E-state index contributed by atoms with van der Waals surface area (Å²) in [5.74, 6) is -1.11. The Morgan fingerprint density at radius 2 is 1.91 bits per heavy atom. The average Bonchev–Trinajstić information content (AvgIpc) is 3.00. The van der Waals surface area contributed by atoms with Crippen LogP contribution in [0.15, 0.2) is 46.9 Å². The number of carboxylic acids is 1. The van der Waals surface area contributed by atoms with Crippen LogP contribution in [-0.4, -0.2) is 17.0 Å². The molecule has 1 atom stereocenters. The van der Waals surface area contributed by atoms with Gasteiger partial charge in [0.1, 0.15) is 5.76 Å². The van der Waals surface area contributed by atoms with Crippen LogP contribution in [0.25, 0.3) is 0 Å². The highest BCUT2D eigenvalue weighted by molar-refractivity contribution is 5.84. The molecule has 0 spiro atoms. The summed E-state index contributed by atoms with van der Waals surface area (Å²) in [4.78, 5) is 23.1. The zero-order valence-corrected chi connectivity index (χ0v) is 12.4. The van der Waals surface area contributed by atoms with Crippen molar-refractivity contribution in [2.45, 2.75) is 32.2 Å². The number of carbonyl (C=O) groups is 2. The van der Waals surface area contributed by atoms with Gasteiger partial charge in [-0.15, -0.1) is 0 Å². The fraction of sp³-hybridized carbons (Fsp3) is 0.294. The first-order valence-corrected chi connectivity index (χ1v) is 7.26. The van der Waals surface area contributed by atoms with Crippen LogP contribution < -0.4 is 5.32 Å². The monoisotopic (exact) mass is 301 g/mol. The predicted molar refractivity (Wildman–Crippen MR) is 81.6 cm³/mol. The Hall–Kier alpha value is -2.56. The molecular formula is C17H19NO4. The van der Waals surface area contributed by atoms with Gasteiger partial charge in [-0.2, -0.15) is 0 Å². The van der Waals surface area contributed by atoms with Crippen molar-refractivity contribution in [1.82, 2.24) is 5.32 Å². The van der Waals surface area contributed by atoms with E-state index < -0.39 is 5.97 Å². The van der Waals surface area contributed by atoms with Crippen molar-refractivity contribution >= 4 is 11.9 Å². The van der Waals surface area contributed by atoms with Crippen molar-refractivity contribution in [2.24, 2.45) is 0 Å². The van der Waals surface area contributed by atoms with Crippen LogP contribution in [0.2, 0.25) is 0 Å². The van der Waals surface area contributed by atoms with Crippen LogP contribution in [0.5, 0.6) is 0 Å². The van der Waals surface area contributed by atoms with E-state index in [9.17, 15) is 9.59 Å². The van der Waals surface area contributed by atoms with E-state index in [4.69, 9.17) is 9.52 Å². The molecular weight excluding hydrogens is 282 g/mol. The van der Waals surface area contributed by atoms with E-state index in [1.807, 2.05) is 37.3 Å². The lowest BCUT2D eigenvalue weighted by molar-refractivity contribution is -0.123. The van der Waals surface area contributed by atoms with Gasteiger partial charge in [0.15, 0.2) is 0 Å². The summed E-state index contributed by atoms with van der Waals surface area (Å²) >= 11 is 0. The molecule has 5 heteroatoms. The maximum atomic E-state index is 12.4. The van der Waals surface area contributed by atoms with E-state index in [1.54, 1.807) is 6.07 Å². The lowest BCUT2D eigenvalue weighted by atomic mass is 9.93. The second kappa shape index (κ2) is 7.45. The number of hydrogen-bond donors (Lipinski definition) is 2. The van der Waals surface area contributed by atoms with Crippen molar-refractivity contribution in [1.29, 1.82) is 0 Å². The molecule has 0 aliphatic rings. The molecule has 0 saturated heterocycles. The third-order valence-electron chi connectivity index (χ3n) is 3.41. The minimum atomic E-state index is -1.12. The molecule has 0 aliphatic carbocycles. The summed E-state index contributed by atoms with van der Waals surface area (Å²) in [6.07, 6.45) is 1.66. The number of carbonyl (C=O) groups excluding carboxylic acids is 1. The minimum absolute atomic E-state index is 0.0821. The lowest BCUT2D eigenvalue weighted by Crippen LogP contribution is -2.28. The molecule has 0 saturated carbocycles. The van der Waals surface area contributed by atoms with E-state index >= 15 is 0 Å². The molecule has 1 aromatic heterocycles. The Kier molecular flexibility index (Phi) is 5.36. The van der Waals surface area contributed by atoms with Gasteiger partial charge in [0, 0.05) is 0 Å². The summed E-state index contributed by atoms with van der Waals surface area (Å²) < 4.78 is 5.13. The summed E-state index contributed by atoms with van der Waals surface area (Å²) in [5.41, 5.74) is 0.979. The van der Waals surface area contributed by atoms with Crippen molar-refractivity contribution < 1.29 is 19.1 Å². The van der Waals surface area contributed by atoms with E-state index in [2.05, 4.69) is 5.32 Å². The van der Waals surface area contributed by atoms with Crippen LogP contribution in [0.1, 0.15) is 47.6 Å². The average molecular weight is 301 g/mol. The van der Waals surface area contributed by atoms with Gasteiger partial charge >= 0.3 is 5.97 Å². The Balaban J connectivity index is 2.00. The van der Waals surface area contributed by atoms with E-state index in [1.165, 1.54) is 6.07 Å². The fourth-order valence-electron chi connectivity index (χ4n) is 2.31. The maximum absolute atomic E-state index is 12.4. The molecule has 0 bridgehead atoms. The Bertz CT molecular complexity index is 633. The normalized spacial score (nSPS) is 11.9. The number of furan rings is 1. The summed E-state index contributed by atoms with van der Waals surface area (Å²) in [6, 6.07) is 12.6. The first kappa shape index (κ1) is 15.8. The molecule has 1 amide bonds. The van der Waals surface area contributed by atoms with Crippen molar-refractivity contribution in [3.63, 3.8) is 0 Å². The van der Waals surface area contributed by atoms with Crippen molar-refractivity contribution in [3.8, 4) is 0 Å². The van der Waals surface area contributed by atoms with Gasteiger partial charge in [-0.3, -0.25) is 4.79 Å². The Morgan fingerprint density at radius 3 is 2.50 bits per heavy atom. The molecule has 2 N–H and O–H groups in total. The second-order valence-electron chi connectivity index (χ2n) is 5.04. The topological polar surface area (TPSA) is 79.5 Å². The largest absolute Gasteiger partial charge is 0.475 e. The number of aromatic carboxylic acids is 1. The SMILES string of the molecule is CCCC(C(=O)NCc1ccc(C(=O)O)o1)c1ccccc1. The molecule has 1 heterocycles. The number of rotatable bonds is 7. The third kappa shape index (κ3) is 3.97. The summed E-state index contributed by atoms with van der Waals surface area (Å²) in [7, 11) is 0. The zero-order chi connectivity index (χ0) is 15.9. The standard InChI is InChI=1S/C17H19NO4/c1-2-6-14(12-7-4-3-5-8-12)16(19)18-11-13-9-10-15(22-13)17(20)21/h3-5,7-10,14H,2,6,11H2,1H3,(H,18,19)(H,20,21). The maximum Gasteiger partial charge on any atom is 0.371 e. The molecule has 0 radical (unpaired) electrons. The van der Waals surface area contributed by atoms with Crippen LogP contribution in [-0.2, 0) is 11.3 Å². The number of amides is 1. The van der Waals surface area contributed by atoms with Gasteiger partial charge in [-0.1, -0.05) is 43.7 Å². The van der Waals surface area contributed by atoms with Gasteiger partial charge in [0.25, 0.3) is 0 Å². The number of benzene rings is 1. The van der Waals surface area contributed by atoms with Gasteiger partial charge < -0.3 is 14.8 Å². The Morgan fingerprint density at radius 1 is 1.18 bits per heavy atom. The highest BCUT2D eigenvalue weighted by atomic mass is 16.4. The molecule has 1 unspecified atom stereocenters. The molecule has 2 aromatic rings. The van der Waals surface area contributed by atoms with Crippen LogP contribution in [0.4, 0.5) is 0 Å². The lowest BCUT2D eigenvalue weighted by Gasteiger charge is -2.16. The quantitative estimate of drug-likeness (QED) is 0.823. The summed E-state index contributed by atoms with van der Waals surface area (Å²) in [6.45, 7) is 2.22. The van der Waals surface area contributed by atoms with E-state index in [0.29, 0.717) is 5.76 Å². The number of nitrogens with one attached hydrogen (secondary N) is 1. The van der Waals surface area contributed by atoms with Gasteiger partial charge in [0.2, 0.25) is 11.7 Å². The van der Waals surface area contributed by atoms with Crippen molar-refractivity contribution in [3.05, 3.63) is 59.5 Å². The highest BCUT2D eigenvalue weighted by Crippen LogP contribution is 2.21. The van der Waals surface area contributed by atoms with E-state index in [0.717, 1.165) is 18.4 Å². The van der Waals surface area contributed by atoms with Crippen LogP contribution >= 0.6 is 0 Å². The number of hydrogen-bond acceptors (Lipinski definition) is 3. The molecule has 5 nitrogen and oxygen atoms in total. The van der Waals surface area contributed by atoms with Gasteiger partial charge in [-0.05, 0) is 24.1 Å². The number of carboxylic acid groups (broad SMARTS) is 1. The molecule has 0 aliphatic heterocycles. The van der Waals surface area contributed by atoms with Crippen molar-refractivity contribution in [2.75, 3.05) is 0 Å². The van der Waals surface area contributed by atoms with Crippen LogP contribution in [0, 0.1) is 0 Å². The smallest absolute Gasteiger partial charge is 0.371 e. The predicted octanol–water partition coefficient (Wildman–Crippen LogP) is 3.18. The molecule has 116 valence electrons. The first-order valence-electron chi connectivity index (χ1n) is 7.26. The van der Waals surface area contributed by atoms with Crippen LogP contribution in [0.3, 0.4) is 0 Å². The van der Waals surface area contributed by atoms with Gasteiger partial charge in [0.05, 0.1) is 12.5 Å². The third-order valence-corrected chi connectivity index (χ3v) is 3.41. The van der Waals surface area contributed by atoms with Gasteiger partial charge in [-0.25, -0.2) is 4.79 Å². The summed E-state index contributed by atoms with van der Waals surface area (Å²) in [5, 5.41) is 11.6. The molecule has 1 aromatic carbocycles. The Labute approximate surface area is 129 Å². The molecule has 22 heavy (non-hydrogen) atoms. The highest BCUT2D eigenvalue weighted by Gasteiger charge is 2.19. The zero-order valence-electron chi connectivity index (χ0n) is 12.4. The first-order chi connectivity index (χ1) is 10.6. The second-order valence-corrected chi connectivity index (χ2v) is 5.04.